The molecule has 0 bridgehead atoms. The van der Waals surface area contributed by atoms with Crippen molar-refractivity contribution >= 4 is 37.8 Å². The first-order valence-corrected chi connectivity index (χ1v) is 8.77. The van der Waals surface area contributed by atoms with Gasteiger partial charge in [-0.3, -0.25) is 0 Å². The fourth-order valence-electron chi connectivity index (χ4n) is 2.59. The highest BCUT2D eigenvalue weighted by Crippen LogP contribution is 2.42. The van der Waals surface area contributed by atoms with Gasteiger partial charge in [-0.05, 0) is 22.8 Å². The maximum atomic E-state index is 9.05. The number of thiophene rings is 2. The average Bonchev–Trinajstić information content (AvgIpc) is 3.15. The fourth-order valence-corrected chi connectivity index (χ4v) is 4.92. The molecular weight excluding hydrogens is 320 g/mol. The number of hydrogen-bond acceptors (Lipinski definition) is 4. The zero-order chi connectivity index (χ0) is 15.8. The highest BCUT2D eigenvalue weighted by molar-refractivity contribution is 7.40. The summed E-state index contributed by atoms with van der Waals surface area (Å²) in [6, 6.07) is 23.1. The van der Waals surface area contributed by atoms with Crippen LogP contribution in [0.25, 0.3) is 31.0 Å². The quantitative estimate of drug-likeness (QED) is 0.508. The van der Waals surface area contributed by atoms with E-state index in [1.54, 1.807) is 11.3 Å². The Morgan fingerprint density at radius 1 is 0.826 bits per heavy atom. The third-order valence-electron chi connectivity index (χ3n) is 3.81. The Bertz CT molecular complexity index is 1020. The third kappa shape index (κ3) is 2.40. The van der Waals surface area contributed by atoms with E-state index in [0.717, 1.165) is 9.40 Å². The van der Waals surface area contributed by atoms with Crippen molar-refractivity contribution in [2.45, 2.75) is 0 Å². The second kappa shape index (κ2) is 5.54. The molecule has 0 aliphatic heterocycles. The Labute approximate surface area is 142 Å². The van der Waals surface area contributed by atoms with Crippen molar-refractivity contribution in [1.82, 2.24) is 0 Å². The van der Waals surface area contributed by atoms with Crippen molar-refractivity contribution in [3.63, 3.8) is 0 Å². The van der Waals surface area contributed by atoms with Crippen LogP contribution in [0.1, 0.15) is 4.88 Å². The van der Waals surface area contributed by atoms with Gasteiger partial charge in [0.05, 0.1) is 9.70 Å². The molecule has 2 nitrogen and oxygen atoms in total. The van der Waals surface area contributed by atoms with Crippen LogP contribution < -0.4 is 5.73 Å². The molecule has 2 heterocycles. The molecule has 0 fully saturated rings. The van der Waals surface area contributed by atoms with E-state index in [1.165, 1.54) is 32.9 Å². The highest BCUT2D eigenvalue weighted by Gasteiger charge is 2.13. The van der Waals surface area contributed by atoms with E-state index in [2.05, 4.69) is 48.5 Å². The smallest absolute Gasteiger partial charge is 0.129 e. The summed E-state index contributed by atoms with van der Waals surface area (Å²) in [6.45, 7) is 0. The van der Waals surface area contributed by atoms with Crippen LogP contribution in [0.4, 0.5) is 5.69 Å². The van der Waals surface area contributed by atoms with Crippen LogP contribution in [0, 0.1) is 11.3 Å². The lowest BCUT2D eigenvalue weighted by Gasteiger charge is -2.03. The van der Waals surface area contributed by atoms with Gasteiger partial charge in [-0.25, -0.2) is 0 Å². The summed E-state index contributed by atoms with van der Waals surface area (Å²) in [6.07, 6.45) is 0. The minimum atomic E-state index is 0.607. The molecular formula is C19H12N2S2. The number of rotatable bonds is 2. The van der Waals surface area contributed by atoms with Gasteiger partial charge in [0, 0.05) is 10.3 Å². The Morgan fingerprint density at radius 2 is 1.48 bits per heavy atom. The fraction of sp³-hybridized carbons (Fsp3) is 0. The van der Waals surface area contributed by atoms with Crippen molar-refractivity contribution in [2.75, 3.05) is 5.73 Å². The summed E-state index contributed by atoms with van der Waals surface area (Å²) in [5.41, 5.74) is 10.2. The molecule has 0 aliphatic carbocycles. The van der Waals surface area contributed by atoms with E-state index in [0.29, 0.717) is 10.6 Å². The first-order valence-electron chi connectivity index (χ1n) is 7.14. The Kier molecular flexibility index (Phi) is 3.38. The van der Waals surface area contributed by atoms with E-state index in [-0.39, 0.29) is 0 Å². The predicted molar refractivity (Wildman–Crippen MR) is 99.7 cm³/mol. The molecule has 0 spiro atoms. The Balaban J connectivity index is 1.72. The minimum absolute atomic E-state index is 0.607. The van der Waals surface area contributed by atoms with Gasteiger partial charge in [-0.15, -0.1) is 22.7 Å². The van der Waals surface area contributed by atoms with Gasteiger partial charge in [0.15, 0.2) is 0 Å². The second-order valence-corrected chi connectivity index (χ2v) is 7.54. The van der Waals surface area contributed by atoms with Crippen LogP contribution in [0.2, 0.25) is 0 Å². The van der Waals surface area contributed by atoms with Gasteiger partial charge < -0.3 is 5.73 Å². The predicted octanol–water partition coefficient (Wildman–Crippen LogP) is 5.75. The lowest BCUT2D eigenvalue weighted by molar-refractivity contribution is 1.52. The number of nitrogen functional groups attached to an aromatic ring is 1. The van der Waals surface area contributed by atoms with Gasteiger partial charge in [0.1, 0.15) is 10.9 Å². The minimum Gasteiger partial charge on any atom is -0.396 e. The van der Waals surface area contributed by atoms with Gasteiger partial charge in [-0.2, -0.15) is 5.26 Å². The number of nitrogens with two attached hydrogens (primary N) is 1. The summed E-state index contributed by atoms with van der Waals surface area (Å²) in [5, 5.41) is 10.0. The van der Waals surface area contributed by atoms with E-state index >= 15 is 0 Å². The van der Waals surface area contributed by atoms with E-state index in [9.17, 15) is 0 Å². The van der Waals surface area contributed by atoms with Crippen molar-refractivity contribution in [1.29, 1.82) is 5.26 Å². The molecule has 2 N–H and O–H groups in total. The second-order valence-electron chi connectivity index (χ2n) is 5.21. The largest absolute Gasteiger partial charge is 0.396 e. The van der Waals surface area contributed by atoms with Crippen LogP contribution in [0.3, 0.4) is 0 Å². The van der Waals surface area contributed by atoms with E-state index in [1.807, 2.05) is 18.2 Å². The molecule has 110 valence electrons. The third-order valence-corrected chi connectivity index (χ3v) is 6.21. The van der Waals surface area contributed by atoms with Crippen molar-refractivity contribution in [3.8, 4) is 27.6 Å². The Hall–Kier alpha value is -2.61. The number of anilines is 1. The van der Waals surface area contributed by atoms with Crippen molar-refractivity contribution in [2.24, 2.45) is 0 Å². The first-order chi connectivity index (χ1) is 11.3. The first kappa shape index (κ1) is 14.0. The molecule has 0 saturated heterocycles. The average molecular weight is 332 g/mol. The molecule has 2 aromatic heterocycles. The Morgan fingerprint density at radius 3 is 2.13 bits per heavy atom. The zero-order valence-electron chi connectivity index (χ0n) is 12.1. The maximum absolute atomic E-state index is 9.05. The highest BCUT2D eigenvalue weighted by atomic mass is 32.2. The molecule has 23 heavy (non-hydrogen) atoms. The standard InChI is InChI=1S/C19H12N2S2/c20-11-17-18(21)15-10-16(22-19(15)23-17)14-8-6-13(7-9-14)12-4-2-1-3-5-12/h1-10H,21H2. The molecule has 4 aromatic rings. The van der Waals surface area contributed by atoms with Crippen LogP contribution in [0.5, 0.6) is 0 Å². The molecule has 0 atom stereocenters. The summed E-state index contributed by atoms with van der Waals surface area (Å²) in [4.78, 5) is 1.79. The maximum Gasteiger partial charge on any atom is 0.129 e. The molecule has 0 unspecified atom stereocenters. The van der Waals surface area contributed by atoms with Crippen LogP contribution in [-0.4, -0.2) is 0 Å². The van der Waals surface area contributed by atoms with Crippen molar-refractivity contribution in [3.05, 3.63) is 65.5 Å². The molecule has 4 rings (SSSR count). The molecule has 0 amide bonds. The van der Waals surface area contributed by atoms with Crippen molar-refractivity contribution < 1.29 is 0 Å². The van der Waals surface area contributed by atoms with Gasteiger partial charge in [0.25, 0.3) is 0 Å². The number of nitrogens with zero attached hydrogens (tertiary/aromatic N) is 1. The lowest BCUT2D eigenvalue weighted by atomic mass is 10.0. The molecule has 2 aromatic carbocycles. The molecule has 0 aliphatic rings. The zero-order valence-corrected chi connectivity index (χ0v) is 13.7. The normalized spacial score (nSPS) is 10.7. The monoisotopic (exact) mass is 332 g/mol. The SMILES string of the molecule is N#Cc1sc2sc(-c3ccc(-c4ccccc4)cc3)cc2c1N. The molecule has 4 heteroatoms. The summed E-state index contributed by atoms with van der Waals surface area (Å²) in [5.74, 6) is 0. The topological polar surface area (TPSA) is 49.8 Å². The molecule has 0 saturated carbocycles. The number of nitriles is 1. The summed E-state index contributed by atoms with van der Waals surface area (Å²) >= 11 is 3.16. The van der Waals surface area contributed by atoms with Crippen LogP contribution in [0.15, 0.2) is 60.7 Å². The summed E-state index contributed by atoms with van der Waals surface area (Å²) < 4.78 is 1.11. The van der Waals surface area contributed by atoms with Crippen LogP contribution >= 0.6 is 22.7 Å². The van der Waals surface area contributed by atoms with E-state index < -0.39 is 0 Å². The van der Waals surface area contributed by atoms with Gasteiger partial charge in [-0.1, -0.05) is 54.6 Å². The number of benzene rings is 2. The van der Waals surface area contributed by atoms with Gasteiger partial charge in [0.2, 0.25) is 0 Å². The summed E-state index contributed by atoms with van der Waals surface area (Å²) in [7, 11) is 0. The van der Waals surface area contributed by atoms with Crippen LogP contribution in [-0.2, 0) is 0 Å². The lowest BCUT2D eigenvalue weighted by Crippen LogP contribution is -1.83. The van der Waals surface area contributed by atoms with Gasteiger partial charge >= 0.3 is 0 Å². The molecule has 0 radical (unpaired) electrons. The number of hydrogen-bond donors (Lipinski definition) is 1. The van der Waals surface area contributed by atoms with E-state index in [4.69, 9.17) is 11.0 Å². The number of fused-ring (bicyclic) bond motifs is 1.